The van der Waals surface area contributed by atoms with Crippen LogP contribution in [0.4, 0.5) is 0 Å². The van der Waals surface area contributed by atoms with Gasteiger partial charge >= 0.3 is 0 Å². The van der Waals surface area contributed by atoms with E-state index in [4.69, 9.17) is 0 Å². The fraction of sp³-hybridized carbons (Fsp3) is 0.320. The van der Waals surface area contributed by atoms with Crippen LogP contribution in [-0.4, -0.2) is 24.6 Å². The number of benzene rings is 2. The normalized spacial score (nSPS) is 18.8. The fourth-order valence-electron chi connectivity index (χ4n) is 3.82. The first kappa shape index (κ1) is 21.5. The largest absolute Gasteiger partial charge is 0.346 e. The first-order chi connectivity index (χ1) is 14.5. The lowest BCUT2D eigenvalue weighted by Crippen LogP contribution is -2.38. The summed E-state index contributed by atoms with van der Waals surface area (Å²) in [7, 11) is 0. The Kier molecular flexibility index (Phi) is 7.55. The molecule has 2 aromatic carbocycles. The number of hydrogen-bond donors (Lipinski definition) is 2. The number of amides is 2. The number of rotatable bonds is 7. The highest BCUT2D eigenvalue weighted by Crippen LogP contribution is 2.27. The van der Waals surface area contributed by atoms with Gasteiger partial charge in [-0.05, 0) is 36.8 Å². The van der Waals surface area contributed by atoms with Crippen molar-refractivity contribution >= 4 is 18.0 Å². The van der Waals surface area contributed by atoms with E-state index >= 15 is 0 Å². The number of carbonyl (C=O) groups is 2. The van der Waals surface area contributed by atoms with Crippen LogP contribution in [0.2, 0.25) is 0 Å². The molecule has 2 atom stereocenters. The van der Waals surface area contributed by atoms with E-state index < -0.39 is 5.92 Å². The Balaban J connectivity index is 1.56. The fourth-order valence-corrected chi connectivity index (χ4v) is 3.82. The van der Waals surface area contributed by atoms with Crippen molar-refractivity contribution in [3.05, 3.63) is 83.4 Å². The number of nitrogens with zero attached hydrogens (tertiary/aromatic N) is 1. The minimum absolute atomic E-state index is 0.119. The lowest BCUT2D eigenvalue weighted by molar-refractivity contribution is -0.126. The zero-order chi connectivity index (χ0) is 21.3. The van der Waals surface area contributed by atoms with E-state index in [1.807, 2.05) is 66.9 Å². The second kappa shape index (κ2) is 10.5. The quantitative estimate of drug-likeness (QED) is 0.416. The third-order valence-electron chi connectivity index (χ3n) is 5.52. The summed E-state index contributed by atoms with van der Waals surface area (Å²) in [5.74, 6) is -0.193. The number of nitrogens with one attached hydrogen (secondary N) is 2. The summed E-state index contributed by atoms with van der Waals surface area (Å²) in [5.41, 5.74) is 5.71. The van der Waals surface area contributed by atoms with Gasteiger partial charge in [-0.25, -0.2) is 5.43 Å². The molecule has 5 heteroatoms. The average Bonchev–Trinajstić information content (AvgIpc) is 2.75. The van der Waals surface area contributed by atoms with Gasteiger partial charge in [-0.1, -0.05) is 79.2 Å². The number of carbonyl (C=O) groups excluding carboxylic acids is 2. The van der Waals surface area contributed by atoms with Gasteiger partial charge < -0.3 is 5.32 Å². The standard InChI is InChI=1S/C25H29N3O2/c1-18-13-14-22(19(2)15-18)16-27-28-23(29)17-26-25(30)24(20-9-5-3-6-10-20)21-11-7-4-8-12-21/h3-13,16,19,22,24H,14-15,17H2,1-2H3,(H,26,30)(H,28,29)/b27-16-/t19-,22+/m1/s1. The van der Waals surface area contributed by atoms with Crippen LogP contribution in [0.3, 0.4) is 0 Å². The zero-order valence-corrected chi connectivity index (χ0v) is 17.5. The van der Waals surface area contributed by atoms with Gasteiger partial charge in [0.1, 0.15) is 0 Å². The van der Waals surface area contributed by atoms with Gasteiger partial charge in [-0.3, -0.25) is 9.59 Å². The highest BCUT2D eigenvalue weighted by atomic mass is 16.2. The van der Waals surface area contributed by atoms with Crippen LogP contribution in [0, 0.1) is 11.8 Å². The molecule has 0 aliphatic heterocycles. The van der Waals surface area contributed by atoms with Crippen LogP contribution in [0.15, 0.2) is 77.4 Å². The maximum absolute atomic E-state index is 12.9. The van der Waals surface area contributed by atoms with Gasteiger partial charge in [-0.15, -0.1) is 0 Å². The second-order valence-corrected chi connectivity index (χ2v) is 7.92. The molecule has 0 aromatic heterocycles. The highest BCUT2D eigenvalue weighted by Gasteiger charge is 2.23. The monoisotopic (exact) mass is 403 g/mol. The SMILES string of the molecule is CC1=CC[C@@H](/C=N\NC(=O)CNC(=O)C(c2ccccc2)c2ccccc2)[C@H](C)C1. The lowest BCUT2D eigenvalue weighted by Gasteiger charge is -2.24. The molecule has 156 valence electrons. The number of allylic oxidation sites excluding steroid dienone is 2. The first-order valence-electron chi connectivity index (χ1n) is 10.4. The Bertz CT molecular complexity index is 867. The summed E-state index contributed by atoms with van der Waals surface area (Å²) in [5, 5.41) is 6.85. The summed E-state index contributed by atoms with van der Waals surface area (Å²) in [6.07, 6.45) is 6.04. The van der Waals surface area contributed by atoms with Gasteiger partial charge in [-0.2, -0.15) is 5.10 Å². The van der Waals surface area contributed by atoms with Crippen LogP contribution in [0.1, 0.15) is 43.7 Å². The second-order valence-electron chi connectivity index (χ2n) is 7.92. The van der Waals surface area contributed by atoms with Crippen molar-refractivity contribution < 1.29 is 9.59 Å². The molecule has 5 nitrogen and oxygen atoms in total. The molecule has 1 aliphatic carbocycles. The van der Waals surface area contributed by atoms with Crippen molar-refractivity contribution in [2.75, 3.05) is 6.54 Å². The molecule has 2 N–H and O–H groups in total. The van der Waals surface area contributed by atoms with E-state index in [1.54, 1.807) is 0 Å². The van der Waals surface area contributed by atoms with Crippen molar-refractivity contribution in [3.8, 4) is 0 Å². The van der Waals surface area contributed by atoms with E-state index in [2.05, 4.69) is 35.8 Å². The van der Waals surface area contributed by atoms with Crippen LogP contribution in [0.25, 0.3) is 0 Å². The number of hydrogen-bond acceptors (Lipinski definition) is 3. The van der Waals surface area contributed by atoms with Crippen molar-refractivity contribution in [3.63, 3.8) is 0 Å². The molecule has 1 aliphatic rings. The Hall–Kier alpha value is -3.21. The Labute approximate surface area is 178 Å². The predicted octanol–water partition coefficient (Wildman–Crippen LogP) is 4.03. The molecule has 30 heavy (non-hydrogen) atoms. The highest BCUT2D eigenvalue weighted by molar-refractivity contribution is 5.90. The summed E-state index contributed by atoms with van der Waals surface area (Å²) in [6, 6.07) is 19.1. The smallest absolute Gasteiger partial charge is 0.259 e. The van der Waals surface area contributed by atoms with Gasteiger partial charge in [0.15, 0.2) is 0 Å². The Morgan fingerprint density at radius 1 is 1.07 bits per heavy atom. The van der Waals surface area contributed by atoms with E-state index in [0.717, 1.165) is 24.0 Å². The van der Waals surface area contributed by atoms with Gasteiger partial charge in [0.2, 0.25) is 5.91 Å². The summed E-state index contributed by atoms with van der Waals surface area (Å²) in [4.78, 5) is 25.1. The average molecular weight is 404 g/mol. The topological polar surface area (TPSA) is 70.6 Å². The van der Waals surface area contributed by atoms with Gasteiger partial charge in [0, 0.05) is 12.1 Å². The van der Waals surface area contributed by atoms with Crippen LogP contribution in [0.5, 0.6) is 0 Å². The molecule has 0 fully saturated rings. The minimum atomic E-state index is -0.471. The van der Waals surface area contributed by atoms with E-state index in [9.17, 15) is 9.59 Å². The molecule has 0 saturated heterocycles. The Morgan fingerprint density at radius 2 is 1.67 bits per heavy atom. The molecule has 3 rings (SSSR count). The summed E-state index contributed by atoms with van der Waals surface area (Å²) in [6.45, 7) is 4.22. The molecule has 2 amide bonds. The Morgan fingerprint density at radius 3 is 2.23 bits per heavy atom. The van der Waals surface area contributed by atoms with E-state index in [0.29, 0.717) is 11.8 Å². The van der Waals surface area contributed by atoms with E-state index in [1.165, 1.54) is 5.57 Å². The lowest BCUT2D eigenvalue weighted by atomic mass is 9.82. The maximum atomic E-state index is 12.9. The first-order valence-corrected chi connectivity index (χ1v) is 10.4. The van der Waals surface area contributed by atoms with Crippen LogP contribution in [-0.2, 0) is 9.59 Å². The molecule has 0 spiro atoms. The molecular formula is C25H29N3O2. The summed E-state index contributed by atoms with van der Waals surface area (Å²) >= 11 is 0. The minimum Gasteiger partial charge on any atom is -0.346 e. The molecule has 0 bridgehead atoms. The molecular weight excluding hydrogens is 374 g/mol. The molecule has 0 heterocycles. The third-order valence-corrected chi connectivity index (χ3v) is 5.52. The van der Waals surface area contributed by atoms with Gasteiger partial charge in [0.05, 0.1) is 12.5 Å². The zero-order valence-electron chi connectivity index (χ0n) is 17.5. The molecule has 0 unspecified atom stereocenters. The maximum Gasteiger partial charge on any atom is 0.259 e. The van der Waals surface area contributed by atoms with Crippen molar-refractivity contribution in [1.82, 2.24) is 10.7 Å². The van der Waals surface area contributed by atoms with Crippen molar-refractivity contribution in [2.24, 2.45) is 16.9 Å². The van der Waals surface area contributed by atoms with Crippen LogP contribution < -0.4 is 10.7 Å². The third kappa shape index (κ3) is 5.89. The summed E-state index contributed by atoms with van der Waals surface area (Å²) < 4.78 is 0. The van der Waals surface area contributed by atoms with Crippen LogP contribution >= 0.6 is 0 Å². The predicted molar refractivity (Wildman–Crippen MR) is 120 cm³/mol. The molecule has 2 aromatic rings. The number of hydrazone groups is 1. The molecule has 0 saturated carbocycles. The van der Waals surface area contributed by atoms with Crippen molar-refractivity contribution in [2.45, 2.75) is 32.6 Å². The van der Waals surface area contributed by atoms with Crippen molar-refractivity contribution in [1.29, 1.82) is 0 Å². The van der Waals surface area contributed by atoms with E-state index in [-0.39, 0.29) is 18.4 Å². The molecule has 0 radical (unpaired) electrons. The van der Waals surface area contributed by atoms with Gasteiger partial charge in [0.25, 0.3) is 5.91 Å².